The van der Waals surface area contributed by atoms with Crippen molar-refractivity contribution >= 4 is 21.6 Å². The van der Waals surface area contributed by atoms with E-state index in [0.717, 1.165) is 44.1 Å². The van der Waals surface area contributed by atoms with Gasteiger partial charge in [0.15, 0.2) is 0 Å². The van der Waals surface area contributed by atoms with Gasteiger partial charge in [0.25, 0.3) is 0 Å². The number of halogens is 1. The molecule has 0 saturated heterocycles. The molecule has 1 aliphatic carbocycles. The fourth-order valence-electron chi connectivity index (χ4n) is 2.73. The number of hydrogen-bond donors (Lipinski definition) is 0. The SMILES string of the molecule is CN(C1CCCC1)S(=O)(=O)c1ccc(CCCCl)cc1. The monoisotopic (exact) mass is 315 g/mol. The van der Waals surface area contributed by atoms with Crippen LogP contribution in [0.5, 0.6) is 0 Å². The molecular formula is C15H22ClNO2S. The number of aryl methyl sites for hydroxylation is 1. The van der Waals surface area contributed by atoms with E-state index in [1.54, 1.807) is 23.5 Å². The number of nitrogens with zero attached hydrogens (tertiary/aromatic N) is 1. The van der Waals surface area contributed by atoms with Gasteiger partial charge >= 0.3 is 0 Å². The largest absolute Gasteiger partial charge is 0.243 e. The molecule has 0 amide bonds. The molecule has 0 unspecified atom stereocenters. The Balaban J connectivity index is 2.12. The molecule has 0 aromatic heterocycles. The van der Waals surface area contributed by atoms with Crippen molar-refractivity contribution in [3.63, 3.8) is 0 Å². The Bertz CT molecular complexity index is 521. The molecule has 0 aliphatic heterocycles. The summed E-state index contributed by atoms with van der Waals surface area (Å²) >= 11 is 5.67. The summed E-state index contributed by atoms with van der Waals surface area (Å²) < 4.78 is 26.6. The van der Waals surface area contributed by atoms with Crippen molar-refractivity contribution in [2.45, 2.75) is 49.5 Å². The van der Waals surface area contributed by atoms with E-state index in [1.807, 2.05) is 12.1 Å². The van der Waals surface area contributed by atoms with E-state index in [0.29, 0.717) is 10.8 Å². The third-order valence-electron chi connectivity index (χ3n) is 4.04. The van der Waals surface area contributed by atoms with Gasteiger partial charge in [-0.25, -0.2) is 8.42 Å². The van der Waals surface area contributed by atoms with Crippen molar-refractivity contribution < 1.29 is 8.42 Å². The molecule has 1 aromatic rings. The summed E-state index contributed by atoms with van der Waals surface area (Å²) in [7, 11) is -1.65. The Morgan fingerprint density at radius 3 is 2.35 bits per heavy atom. The van der Waals surface area contributed by atoms with Gasteiger partial charge < -0.3 is 0 Å². The van der Waals surface area contributed by atoms with Crippen LogP contribution in [-0.2, 0) is 16.4 Å². The first-order chi connectivity index (χ1) is 9.55. The summed E-state index contributed by atoms with van der Waals surface area (Å²) in [6.07, 6.45) is 6.01. The summed E-state index contributed by atoms with van der Waals surface area (Å²) in [6, 6.07) is 7.37. The van der Waals surface area contributed by atoms with Crippen LogP contribution in [0, 0.1) is 0 Å². The van der Waals surface area contributed by atoms with Crippen LogP contribution >= 0.6 is 11.6 Å². The normalized spacial score (nSPS) is 16.9. The quantitative estimate of drug-likeness (QED) is 0.754. The van der Waals surface area contributed by atoms with Gasteiger partial charge in [0, 0.05) is 19.0 Å². The van der Waals surface area contributed by atoms with E-state index >= 15 is 0 Å². The lowest BCUT2D eigenvalue weighted by Crippen LogP contribution is -2.35. The first kappa shape index (κ1) is 15.8. The Labute approximate surface area is 127 Å². The molecule has 0 heterocycles. The second-order valence-corrected chi connectivity index (χ2v) is 7.77. The van der Waals surface area contributed by atoms with Gasteiger partial charge in [-0.3, -0.25) is 0 Å². The van der Waals surface area contributed by atoms with E-state index < -0.39 is 10.0 Å². The molecule has 1 aliphatic rings. The lowest BCUT2D eigenvalue weighted by Gasteiger charge is -2.23. The molecule has 3 nitrogen and oxygen atoms in total. The third-order valence-corrected chi connectivity index (χ3v) is 6.23. The Morgan fingerprint density at radius 2 is 1.80 bits per heavy atom. The van der Waals surface area contributed by atoms with Gasteiger partial charge in [-0.2, -0.15) is 4.31 Å². The highest BCUT2D eigenvalue weighted by atomic mass is 35.5. The smallest absolute Gasteiger partial charge is 0.207 e. The summed E-state index contributed by atoms with van der Waals surface area (Å²) in [6.45, 7) is 0. The molecule has 1 fully saturated rings. The first-order valence-corrected chi connectivity index (χ1v) is 9.16. The highest BCUT2D eigenvalue weighted by molar-refractivity contribution is 7.89. The molecule has 1 saturated carbocycles. The standard InChI is InChI=1S/C15H22ClNO2S/c1-17(14-6-2-3-7-14)20(18,19)15-10-8-13(9-11-15)5-4-12-16/h8-11,14H,2-7,12H2,1H3. The predicted molar refractivity (Wildman–Crippen MR) is 82.7 cm³/mol. The van der Waals surface area contributed by atoms with Gasteiger partial charge in [0.05, 0.1) is 4.90 Å². The van der Waals surface area contributed by atoms with E-state index in [4.69, 9.17) is 11.6 Å². The van der Waals surface area contributed by atoms with Crippen molar-refractivity contribution in [2.24, 2.45) is 0 Å². The molecule has 1 aromatic carbocycles. The summed E-state index contributed by atoms with van der Waals surface area (Å²) in [5, 5.41) is 0. The molecule has 20 heavy (non-hydrogen) atoms. The zero-order chi connectivity index (χ0) is 14.6. The van der Waals surface area contributed by atoms with Crippen LogP contribution < -0.4 is 0 Å². The van der Waals surface area contributed by atoms with Gasteiger partial charge in [0.2, 0.25) is 10.0 Å². The average Bonchev–Trinajstić information content (AvgIpc) is 2.98. The van der Waals surface area contributed by atoms with E-state index in [9.17, 15) is 8.42 Å². The fourth-order valence-corrected chi connectivity index (χ4v) is 4.28. The summed E-state index contributed by atoms with van der Waals surface area (Å²) in [5.74, 6) is 0.629. The second kappa shape index (κ2) is 6.92. The van der Waals surface area contributed by atoms with E-state index in [2.05, 4.69) is 0 Å². The Hall–Kier alpha value is -0.580. The van der Waals surface area contributed by atoms with Gasteiger partial charge in [-0.15, -0.1) is 11.6 Å². The highest BCUT2D eigenvalue weighted by Crippen LogP contribution is 2.27. The van der Waals surface area contributed by atoms with Crippen LogP contribution in [0.15, 0.2) is 29.2 Å². The van der Waals surface area contributed by atoms with Crippen LogP contribution in [0.1, 0.15) is 37.7 Å². The van der Waals surface area contributed by atoms with Crippen LogP contribution in [0.3, 0.4) is 0 Å². The molecule has 0 atom stereocenters. The van der Waals surface area contributed by atoms with Crippen molar-refractivity contribution in [1.29, 1.82) is 0 Å². The van der Waals surface area contributed by atoms with E-state index in [1.165, 1.54) is 0 Å². The number of benzene rings is 1. The van der Waals surface area contributed by atoms with Crippen molar-refractivity contribution in [2.75, 3.05) is 12.9 Å². The van der Waals surface area contributed by atoms with Crippen molar-refractivity contribution in [1.82, 2.24) is 4.31 Å². The predicted octanol–water partition coefficient (Wildman–Crippen LogP) is 3.42. The summed E-state index contributed by atoms with van der Waals surface area (Å²) in [5.41, 5.74) is 1.13. The Kier molecular flexibility index (Phi) is 5.47. The Morgan fingerprint density at radius 1 is 1.20 bits per heavy atom. The zero-order valence-corrected chi connectivity index (χ0v) is 13.5. The molecule has 0 N–H and O–H groups in total. The maximum atomic E-state index is 12.5. The van der Waals surface area contributed by atoms with Crippen LogP contribution in [0.2, 0.25) is 0 Å². The lowest BCUT2D eigenvalue weighted by molar-refractivity contribution is 0.373. The molecule has 0 bridgehead atoms. The minimum atomic E-state index is -3.35. The lowest BCUT2D eigenvalue weighted by atomic mass is 10.1. The molecule has 0 spiro atoms. The molecule has 5 heteroatoms. The van der Waals surface area contributed by atoms with Crippen LogP contribution in [0.4, 0.5) is 0 Å². The number of sulfonamides is 1. The average molecular weight is 316 g/mol. The molecular weight excluding hydrogens is 294 g/mol. The highest BCUT2D eigenvalue weighted by Gasteiger charge is 2.29. The number of hydrogen-bond acceptors (Lipinski definition) is 2. The van der Waals surface area contributed by atoms with Gasteiger partial charge in [0.1, 0.15) is 0 Å². The van der Waals surface area contributed by atoms with E-state index in [-0.39, 0.29) is 6.04 Å². The maximum Gasteiger partial charge on any atom is 0.243 e. The van der Waals surface area contributed by atoms with Crippen LogP contribution in [0.25, 0.3) is 0 Å². The van der Waals surface area contributed by atoms with Gasteiger partial charge in [-0.1, -0.05) is 25.0 Å². The van der Waals surface area contributed by atoms with Crippen LogP contribution in [-0.4, -0.2) is 31.7 Å². The van der Waals surface area contributed by atoms with Gasteiger partial charge in [-0.05, 0) is 43.4 Å². The first-order valence-electron chi connectivity index (χ1n) is 7.18. The minimum absolute atomic E-state index is 0.163. The second-order valence-electron chi connectivity index (χ2n) is 5.40. The zero-order valence-electron chi connectivity index (χ0n) is 11.9. The molecule has 112 valence electrons. The maximum absolute atomic E-state index is 12.5. The molecule has 0 radical (unpaired) electrons. The number of rotatable bonds is 6. The fraction of sp³-hybridized carbons (Fsp3) is 0.600. The third kappa shape index (κ3) is 3.54. The van der Waals surface area contributed by atoms with Crippen molar-refractivity contribution in [3.8, 4) is 0 Å². The van der Waals surface area contributed by atoms with Crippen molar-refractivity contribution in [3.05, 3.63) is 29.8 Å². The number of alkyl halides is 1. The minimum Gasteiger partial charge on any atom is -0.207 e. The summed E-state index contributed by atoms with van der Waals surface area (Å²) in [4.78, 5) is 0.390. The molecule has 2 rings (SSSR count). The topological polar surface area (TPSA) is 37.4 Å².